The van der Waals surface area contributed by atoms with E-state index in [-0.39, 0.29) is 12.1 Å². The number of ether oxygens (including phenoxy) is 1. The van der Waals surface area contributed by atoms with Gasteiger partial charge in [-0.3, -0.25) is 9.69 Å². The van der Waals surface area contributed by atoms with E-state index in [0.717, 1.165) is 39.0 Å². The van der Waals surface area contributed by atoms with Gasteiger partial charge in [0, 0.05) is 13.1 Å². The predicted molar refractivity (Wildman–Crippen MR) is 82.4 cm³/mol. The van der Waals surface area contributed by atoms with Crippen molar-refractivity contribution < 1.29 is 14.6 Å². The van der Waals surface area contributed by atoms with Crippen molar-refractivity contribution in [2.75, 3.05) is 19.7 Å². The van der Waals surface area contributed by atoms with E-state index in [9.17, 15) is 9.90 Å². The second-order valence-corrected chi connectivity index (χ2v) is 5.60. The first-order valence-electron chi connectivity index (χ1n) is 7.83. The van der Waals surface area contributed by atoms with Gasteiger partial charge in [-0.1, -0.05) is 37.3 Å². The van der Waals surface area contributed by atoms with Gasteiger partial charge in [-0.2, -0.15) is 0 Å². The number of hydrogen-bond donors (Lipinski definition) is 1. The van der Waals surface area contributed by atoms with Crippen LogP contribution in [0.1, 0.15) is 31.7 Å². The maximum atomic E-state index is 11.2. The number of hydrogen-bond acceptors (Lipinski definition) is 3. The molecule has 1 saturated heterocycles. The highest BCUT2D eigenvalue weighted by Crippen LogP contribution is 2.18. The Bertz CT molecular complexity index is 427. The molecule has 1 atom stereocenters. The molecule has 0 aromatic heterocycles. The van der Waals surface area contributed by atoms with Crippen molar-refractivity contribution in [1.82, 2.24) is 4.90 Å². The Kier molecular flexibility index (Phi) is 6.21. The van der Waals surface area contributed by atoms with E-state index in [0.29, 0.717) is 6.42 Å². The Morgan fingerprint density at radius 3 is 2.57 bits per heavy atom. The minimum atomic E-state index is -0.707. The molecule has 4 nitrogen and oxygen atoms in total. The molecule has 0 bridgehead atoms. The second kappa shape index (κ2) is 8.15. The molecule has 0 spiro atoms. The molecule has 1 N–H and O–H groups in total. The molecule has 21 heavy (non-hydrogen) atoms. The molecule has 0 aliphatic carbocycles. The van der Waals surface area contributed by atoms with Crippen molar-refractivity contribution in [3.8, 4) is 0 Å². The Hall–Kier alpha value is -1.39. The van der Waals surface area contributed by atoms with Gasteiger partial charge in [0.1, 0.15) is 6.04 Å². The van der Waals surface area contributed by atoms with Crippen LogP contribution in [0.3, 0.4) is 0 Å². The second-order valence-electron chi connectivity index (χ2n) is 5.60. The SMILES string of the molecule is CC[C@H](C(=O)O)N1CCC(OCCc2ccccc2)CC1. The molecular formula is C17H25NO3. The highest BCUT2D eigenvalue weighted by Gasteiger charge is 2.28. The first kappa shape index (κ1) is 16.0. The Balaban J connectivity index is 1.68. The molecule has 0 amide bonds. The van der Waals surface area contributed by atoms with Crippen LogP contribution >= 0.6 is 0 Å². The van der Waals surface area contributed by atoms with E-state index in [2.05, 4.69) is 17.0 Å². The summed E-state index contributed by atoms with van der Waals surface area (Å²) in [5.41, 5.74) is 1.30. The molecule has 1 aliphatic heterocycles. The number of carboxylic acid groups (broad SMARTS) is 1. The third-order valence-corrected chi connectivity index (χ3v) is 4.18. The van der Waals surface area contributed by atoms with Crippen molar-refractivity contribution in [2.24, 2.45) is 0 Å². The van der Waals surface area contributed by atoms with Crippen LogP contribution in [0, 0.1) is 0 Å². The van der Waals surface area contributed by atoms with Gasteiger partial charge in [-0.05, 0) is 31.2 Å². The molecule has 1 aromatic carbocycles. The average molecular weight is 291 g/mol. The molecule has 1 heterocycles. The topological polar surface area (TPSA) is 49.8 Å². The third-order valence-electron chi connectivity index (χ3n) is 4.18. The number of piperidine rings is 1. The van der Waals surface area contributed by atoms with Crippen LogP contribution in [-0.4, -0.2) is 47.8 Å². The van der Waals surface area contributed by atoms with Gasteiger partial charge >= 0.3 is 5.97 Å². The quantitative estimate of drug-likeness (QED) is 0.839. The monoisotopic (exact) mass is 291 g/mol. The van der Waals surface area contributed by atoms with Crippen molar-refractivity contribution in [2.45, 2.75) is 44.8 Å². The summed E-state index contributed by atoms with van der Waals surface area (Å²) in [5, 5.41) is 9.19. The molecular weight excluding hydrogens is 266 g/mol. The van der Waals surface area contributed by atoms with Gasteiger partial charge in [0.2, 0.25) is 0 Å². The van der Waals surface area contributed by atoms with E-state index < -0.39 is 5.97 Å². The molecule has 2 rings (SSSR count). The molecule has 116 valence electrons. The molecule has 1 fully saturated rings. The van der Waals surface area contributed by atoms with Gasteiger partial charge in [0.15, 0.2) is 0 Å². The standard InChI is InChI=1S/C17H25NO3/c1-2-16(17(19)20)18-11-8-15(9-12-18)21-13-10-14-6-4-3-5-7-14/h3-7,15-16H,2,8-13H2,1H3,(H,19,20)/t16-/m1/s1. The van der Waals surface area contributed by atoms with Gasteiger partial charge in [0.25, 0.3) is 0 Å². The first-order valence-corrected chi connectivity index (χ1v) is 7.83. The van der Waals surface area contributed by atoms with Gasteiger partial charge in [-0.25, -0.2) is 0 Å². The van der Waals surface area contributed by atoms with Crippen LogP contribution in [0.4, 0.5) is 0 Å². The fourth-order valence-corrected chi connectivity index (χ4v) is 2.93. The zero-order valence-electron chi connectivity index (χ0n) is 12.7. The number of benzene rings is 1. The van der Waals surface area contributed by atoms with Crippen molar-refractivity contribution in [1.29, 1.82) is 0 Å². The van der Waals surface area contributed by atoms with Crippen molar-refractivity contribution in [3.05, 3.63) is 35.9 Å². The first-order chi connectivity index (χ1) is 10.2. The number of carbonyl (C=O) groups is 1. The van der Waals surface area contributed by atoms with Crippen LogP contribution in [0.25, 0.3) is 0 Å². The normalized spacial score (nSPS) is 18.5. The minimum Gasteiger partial charge on any atom is -0.480 e. The summed E-state index contributed by atoms with van der Waals surface area (Å²) in [7, 11) is 0. The zero-order chi connectivity index (χ0) is 15.1. The molecule has 0 unspecified atom stereocenters. The molecule has 0 radical (unpaired) electrons. The maximum absolute atomic E-state index is 11.2. The van der Waals surface area contributed by atoms with Gasteiger partial charge in [0.05, 0.1) is 12.7 Å². The largest absolute Gasteiger partial charge is 0.480 e. The smallest absolute Gasteiger partial charge is 0.320 e. The summed E-state index contributed by atoms with van der Waals surface area (Å²) in [6.45, 7) is 4.31. The summed E-state index contributed by atoms with van der Waals surface area (Å²) in [6, 6.07) is 10.0. The summed E-state index contributed by atoms with van der Waals surface area (Å²) in [4.78, 5) is 13.2. The van der Waals surface area contributed by atoms with E-state index in [4.69, 9.17) is 4.74 Å². The van der Waals surface area contributed by atoms with Crippen LogP contribution in [0.15, 0.2) is 30.3 Å². The van der Waals surface area contributed by atoms with E-state index in [1.165, 1.54) is 5.56 Å². The maximum Gasteiger partial charge on any atom is 0.320 e. The lowest BCUT2D eigenvalue weighted by Gasteiger charge is -2.35. The lowest BCUT2D eigenvalue weighted by atomic mass is 10.0. The van der Waals surface area contributed by atoms with Crippen LogP contribution < -0.4 is 0 Å². The summed E-state index contributed by atoms with van der Waals surface area (Å²) in [6.07, 6.45) is 3.73. The van der Waals surface area contributed by atoms with E-state index in [1.54, 1.807) is 0 Å². The Morgan fingerprint density at radius 1 is 1.33 bits per heavy atom. The summed E-state index contributed by atoms with van der Waals surface area (Å²) < 4.78 is 5.93. The van der Waals surface area contributed by atoms with Crippen LogP contribution in [0.5, 0.6) is 0 Å². The lowest BCUT2D eigenvalue weighted by molar-refractivity contribution is -0.144. The van der Waals surface area contributed by atoms with E-state index >= 15 is 0 Å². The number of rotatable bonds is 7. The number of nitrogens with zero attached hydrogens (tertiary/aromatic N) is 1. The zero-order valence-corrected chi connectivity index (χ0v) is 12.7. The molecule has 1 aromatic rings. The average Bonchev–Trinajstić information content (AvgIpc) is 2.50. The number of carboxylic acids is 1. The Labute approximate surface area is 126 Å². The fourth-order valence-electron chi connectivity index (χ4n) is 2.93. The number of aliphatic carboxylic acids is 1. The van der Waals surface area contributed by atoms with E-state index in [1.807, 2.05) is 25.1 Å². The molecule has 4 heteroatoms. The minimum absolute atomic E-state index is 0.274. The Morgan fingerprint density at radius 2 is 2.00 bits per heavy atom. The lowest BCUT2D eigenvalue weighted by Crippen LogP contribution is -2.46. The fraction of sp³-hybridized carbons (Fsp3) is 0.588. The van der Waals surface area contributed by atoms with Crippen molar-refractivity contribution >= 4 is 5.97 Å². The van der Waals surface area contributed by atoms with Crippen LogP contribution in [-0.2, 0) is 16.0 Å². The molecule has 0 saturated carbocycles. The summed E-state index contributed by atoms with van der Waals surface area (Å²) in [5.74, 6) is -0.707. The number of likely N-dealkylation sites (tertiary alicyclic amines) is 1. The highest BCUT2D eigenvalue weighted by atomic mass is 16.5. The summed E-state index contributed by atoms with van der Waals surface area (Å²) >= 11 is 0. The van der Waals surface area contributed by atoms with Gasteiger partial charge < -0.3 is 9.84 Å². The van der Waals surface area contributed by atoms with Gasteiger partial charge in [-0.15, -0.1) is 0 Å². The molecule has 1 aliphatic rings. The van der Waals surface area contributed by atoms with Crippen LogP contribution in [0.2, 0.25) is 0 Å². The van der Waals surface area contributed by atoms with Crippen molar-refractivity contribution in [3.63, 3.8) is 0 Å². The third kappa shape index (κ3) is 4.83. The predicted octanol–water partition coefficient (Wildman–Crippen LogP) is 2.57. The highest BCUT2D eigenvalue weighted by molar-refractivity contribution is 5.73.